The van der Waals surface area contributed by atoms with Gasteiger partial charge in [0.2, 0.25) is 0 Å². The van der Waals surface area contributed by atoms with Gasteiger partial charge in [-0.05, 0) is 83.8 Å². The van der Waals surface area contributed by atoms with Crippen LogP contribution < -0.4 is 5.32 Å². The molecule has 3 nitrogen and oxygen atoms in total. The van der Waals surface area contributed by atoms with Crippen LogP contribution in [0.4, 0.5) is 0 Å². The fraction of sp³-hybridized carbons (Fsp3) is 0.258. The van der Waals surface area contributed by atoms with Crippen molar-refractivity contribution < 1.29 is 9.90 Å². The first-order chi connectivity index (χ1) is 16.5. The van der Waals surface area contributed by atoms with Gasteiger partial charge in [0, 0.05) is 12.0 Å². The highest BCUT2D eigenvalue weighted by molar-refractivity contribution is 5.89. The van der Waals surface area contributed by atoms with Crippen molar-refractivity contribution in [3.05, 3.63) is 118 Å². The average Bonchev–Trinajstić information content (AvgIpc) is 2.86. The van der Waals surface area contributed by atoms with Crippen LogP contribution in [-0.2, 0) is 6.42 Å². The van der Waals surface area contributed by atoms with E-state index in [-0.39, 0.29) is 24.4 Å². The van der Waals surface area contributed by atoms with Gasteiger partial charge in [0.1, 0.15) is 0 Å². The van der Waals surface area contributed by atoms with Gasteiger partial charge in [0.05, 0.1) is 5.56 Å². The first kappa shape index (κ1) is 25.0. The van der Waals surface area contributed by atoms with Crippen LogP contribution in [0, 0.1) is 12.8 Å². The van der Waals surface area contributed by atoms with Crippen LogP contribution in [0.3, 0.4) is 0 Å². The molecule has 2 N–H and O–H groups in total. The zero-order valence-corrected chi connectivity index (χ0v) is 21.0. The number of rotatable bonds is 6. The smallest absolute Gasteiger partial charge is 0.335 e. The lowest BCUT2D eigenvalue weighted by Gasteiger charge is -2.33. The summed E-state index contributed by atoms with van der Waals surface area (Å²) in [7, 11) is 0. The lowest BCUT2D eigenvalue weighted by atomic mass is 9.73. The molecule has 0 radical (unpaired) electrons. The fourth-order valence-corrected chi connectivity index (χ4v) is 5.55. The molecule has 4 aromatic carbocycles. The largest absolute Gasteiger partial charge is 0.478 e. The molecule has 2 unspecified atom stereocenters. The first-order valence-corrected chi connectivity index (χ1v) is 12.1. The molecule has 0 aromatic heterocycles. The van der Waals surface area contributed by atoms with E-state index in [1.807, 2.05) is 19.1 Å². The Bertz CT molecular complexity index is 1340. The highest BCUT2D eigenvalue weighted by atomic mass is 35.5. The van der Waals surface area contributed by atoms with Crippen molar-refractivity contribution in [2.45, 2.75) is 38.6 Å². The second-order valence-electron chi connectivity index (χ2n) is 9.64. The van der Waals surface area contributed by atoms with E-state index in [4.69, 9.17) is 0 Å². The number of carboxylic acid groups (broad SMARTS) is 1. The summed E-state index contributed by atoms with van der Waals surface area (Å²) in [6.45, 7) is 5.03. The van der Waals surface area contributed by atoms with Crippen molar-refractivity contribution in [1.29, 1.82) is 0 Å². The zero-order chi connectivity index (χ0) is 23.7. The number of nitrogens with one attached hydrogen (secondary N) is 1. The van der Waals surface area contributed by atoms with E-state index in [0.717, 1.165) is 30.5 Å². The molecule has 0 saturated carbocycles. The van der Waals surface area contributed by atoms with Gasteiger partial charge in [-0.3, -0.25) is 0 Å². The van der Waals surface area contributed by atoms with E-state index in [2.05, 4.69) is 85.0 Å². The summed E-state index contributed by atoms with van der Waals surface area (Å²) in [5, 5.41) is 16.0. The van der Waals surface area contributed by atoms with E-state index in [1.54, 1.807) is 0 Å². The highest BCUT2D eigenvalue weighted by Crippen LogP contribution is 2.40. The Labute approximate surface area is 213 Å². The van der Waals surface area contributed by atoms with Gasteiger partial charge in [0.25, 0.3) is 0 Å². The van der Waals surface area contributed by atoms with E-state index in [0.29, 0.717) is 11.5 Å². The number of fused-ring (bicyclic) bond motifs is 2. The van der Waals surface area contributed by atoms with Gasteiger partial charge in [-0.15, -0.1) is 12.4 Å². The van der Waals surface area contributed by atoms with Crippen molar-refractivity contribution in [3.8, 4) is 0 Å². The highest BCUT2D eigenvalue weighted by Gasteiger charge is 2.29. The lowest BCUT2D eigenvalue weighted by Crippen LogP contribution is -2.31. The molecule has 0 amide bonds. The van der Waals surface area contributed by atoms with Gasteiger partial charge < -0.3 is 10.4 Å². The summed E-state index contributed by atoms with van der Waals surface area (Å²) >= 11 is 0. The minimum Gasteiger partial charge on any atom is -0.478 e. The number of aromatic carboxylic acids is 1. The third-order valence-electron chi connectivity index (χ3n) is 7.41. The maximum absolute atomic E-state index is 11.8. The summed E-state index contributed by atoms with van der Waals surface area (Å²) in [6, 6.07) is 29.9. The second kappa shape index (κ2) is 10.6. The number of halogens is 1. The Balaban J connectivity index is 0.00000289. The van der Waals surface area contributed by atoms with E-state index in [1.165, 1.54) is 27.5 Å². The van der Waals surface area contributed by atoms with Crippen LogP contribution in [-0.4, -0.2) is 17.6 Å². The minimum absolute atomic E-state index is 0. The number of carbonyl (C=O) groups is 1. The zero-order valence-electron chi connectivity index (χ0n) is 20.2. The Kier molecular flexibility index (Phi) is 7.59. The van der Waals surface area contributed by atoms with Crippen LogP contribution in [0.15, 0.2) is 84.9 Å². The van der Waals surface area contributed by atoms with Crippen molar-refractivity contribution in [3.63, 3.8) is 0 Å². The normalized spacial score (nSPS) is 17.9. The van der Waals surface area contributed by atoms with Crippen molar-refractivity contribution in [2.24, 2.45) is 5.92 Å². The Hall–Kier alpha value is -3.14. The molecule has 1 aliphatic rings. The molecule has 0 heterocycles. The Morgan fingerprint density at radius 2 is 1.74 bits per heavy atom. The summed E-state index contributed by atoms with van der Waals surface area (Å²) in [6.07, 6.45) is 2.05. The molecule has 3 atom stereocenters. The van der Waals surface area contributed by atoms with Crippen molar-refractivity contribution in [1.82, 2.24) is 5.32 Å². The van der Waals surface area contributed by atoms with Crippen LogP contribution in [0.2, 0.25) is 0 Å². The van der Waals surface area contributed by atoms with Gasteiger partial charge in [-0.2, -0.15) is 0 Å². The molecule has 0 fully saturated rings. The van der Waals surface area contributed by atoms with Crippen LogP contribution in [0.5, 0.6) is 0 Å². The molecular weight excluding hydrogens is 454 g/mol. The van der Waals surface area contributed by atoms with Gasteiger partial charge in [0.15, 0.2) is 0 Å². The monoisotopic (exact) mass is 485 g/mol. The van der Waals surface area contributed by atoms with E-state index >= 15 is 0 Å². The summed E-state index contributed by atoms with van der Waals surface area (Å²) in [4.78, 5) is 11.8. The lowest BCUT2D eigenvalue weighted by molar-refractivity contribution is 0.0696. The van der Waals surface area contributed by atoms with E-state index < -0.39 is 5.97 Å². The van der Waals surface area contributed by atoms with Gasteiger partial charge >= 0.3 is 5.97 Å². The molecular formula is C31H32ClNO2. The Morgan fingerprint density at radius 3 is 2.57 bits per heavy atom. The number of aryl methyl sites for hydroxylation is 1. The standard InChI is InChI=1S/C31H31NO2.ClH/c1-20-14-15-25(18-29(20)31(33)34)30-17-22(16-24-9-4-6-12-28(24)30)19-32-21(2)26-13-7-10-23-8-3-5-11-27(23)26;/h3-15,18,21-22,30,32H,16-17,19H2,1-2H3,(H,33,34);1H/t21-,22?,30?;/m1./s1. The second-order valence-corrected chi connectivity index (χ2v) is 9.64. The first-order valence-electron chi connectivity index (χ1n) is 12.1. The Morgan fingerprint density at radius 1 is 1.00 bits per heavy atom. The number of hydrogen-bond donors (Lipinski definition) is 2. The van der Waals surface area contributed by atoms with Crippen molar-refractivity contribution in [2.75, 3.05) is 6.54 Å². The van der Waals surface area contributed by atoms with Gasteiger partial charge in [-0.25, -0.2) is 4.79 Å². The van der Waals surface area contributed by atoms with Gasteiger partial charge in [-0.1, -0.05) is 78.9 Å². The predicted molar refractivity (Wildman–Crippen MR) is 146 cm³/mol. The molecule has 180 valence electrons. The molecule has 0 spiro atoms. The molecule has 0 saturated heterocycles. The molecule has 0 aliphatic heterocycles. The molecule has 0 bridgehead atoms. The number of benzene rings is 4. The third-order valence-corrected chi connectivity index (χ3v) is 7.41. The quantitative estimate of drug-likeness (QED) is 0.301. The predicted octanol–water partition coefficient (Wildman–Crippen LogP) is 7.31. The van der Waals surface area contributed by atoms with Crippen LogP contribution in [0.1, 0.15) is 63.5 Å². The SMILES string of the molecule is Cc1ccc(C2CC(CN[C@H](C)c3cccc4ccccc34)Cc3ccccc32)cc1C(=O)O.Cl. The topological polar surface area (TPSA) is 49.3 Å². The molecule has 4 heteroatoms. The molecule has 1 aliphatic carbocycles. The van der Waals surface area contributed by atoms with Crippen LogP contribution in [0.25, 0.3) is 10.8 Å². The van der Waals surface area contributed by atoms with E-state index in [9.17, 15) is 9.90 Å². The molecule has 35 heavy (non-hydrogen) atoms. The fourth-order valence-electron chi connectivity index (χ4n) is 5.55. The number of carboxylic acids is 1. The van der Waals surface area contributed by atoms with Crippen LogP contribution >= 0.6 is 12.4 Å². The van der Waals surface area contributed by atoms with Crippen molar-refractivity contribution >= 4 is 29.1 Å². The molecule has 5 rings (SSSR count). The summed E-state index contributed by atoms with van der Waals surface area (Å²) in [5.41, 5.74) is 6.35. The minimum atomic E-state index is -0.856. The third kappa shape index (κ3) is 5.12. The maximum atomic E-state index is 11.8. The summed E-state index contributed by atoms with van der Waals surface area (Å²) in [5.74, 6) is -0.166. The maximum Gasteiger partial charge on any atom is 0.335 e. The average molecular weight is 486 g/mol. The molecule has 4 aromatic rings. The number of hydrogen-bond acceptors (Lipinski definition) is 2. The summed E-state index contributed by atoms with van der Waals surface area (Å²) < 4.78 is 0.